The molecule has 0 aromatic heterocycles. The third-order valence-electron chi connectivity index (χ3n) is 3.99. The van der Waals surface area contributed by atoms with E-state index in [-0.39, 0.29) is 10.9 Å². The van der Waals surface area contributed by atoms with Gasteiger partial charge in [-0.15, -0.1) is 0 Å². The van der Waals surface area contributed by atoms with E-state index in [1.165, 1.54) is 18.2 Å². The van der Waals surface area contributed by atoms with Crippen molar-refractivity contribution in [3.8, 4) is 0 Å². The molecule has 5 heteroatoms. The highest BCUT2D eigenvalue weighted by Crippen LogP contribution is 2.30. The van der Waals surface area contributed by atoms with Crippen LogP contribution in [0, 0.1) is 5.82 Å². The normalized spacial score (nSPS) is 22.0. The molecule has 1 aromatic carbocycles. The van der Waals surface area contributed by atoms with E-state index in [9.17, 15) is 9.18 Å². The number of hydrogen-bond acceptors (Lipinski definition) is 2. The molecule has 1 N–H and O–H groups in total. The number of benzene rings is 1. The molecule has 0 bridgehead atoms. The van der Waals surface area contributed by atoms with Gasteiger partial charge in [0.05, 0.1) is 10.6 Å². The predicted octanol–water partition coefficient (Wildman–Crippen LogP) is 2.84. The summed E-state index contributed by atoms with van der Waals surface area (Å²) < 4.78 is 13.1. The lowest BCUT2D eigenvalue weighted by atomic mass is 10.1. The molecule has 3 nitrogen and oxygen atoms in total. The standard InChI is InChI=1S/C15H18ClFN2O/c16-14-8-10(17)3-6-13(14)15(20)19(12-4-5-12)9-11-2-1-7-18-11/h3,6,8,11-12,18H,1-2,4-5,7,9H2. The van der Waals surface area contributed by atoms with Gasteiger partial charge in [0.1, 0.15) is 5.82 Å². The van der Waals surface area contributed by atoms with Crippen molar-refractivity contribution < 1.29 is 9.18 Å². The second kappa shape index (κ2) is 5.70. The average molecular weight is 297 g/mol. The molecule has 1 aromatic rings. The summed E-state index contributed by atoms with van der Waals surface area (Å²) in [5.41, 5.74) is 0.401. The van der Waals surface area contributed by atoms with E-state index in [0.717, 1.165) is 38.8 Å². The number of hydrogen-bond donors (Lipinski definition) is 1. The Labute approximate surface area is 123 Å². The van der Waals surface area contributed by atoms with Gasteiger partial charge in [-0.2, -0.15) is 0 Å². The number of nitrogens with one attached hydrogen (secondary N) is 1. The molecule has 0 radical (unpaired) electrons. The molecule has 20 heavy (non-hydrogen) atoms. The van der Waals surface area contributed by atoms with Gasteiger partial charge in [-0.25, -0.2) is 4.39 Å². The summed E-state index contributed by atoms with van der Waals surface area (Å²) in [5, 5.41) is 3.61. The monoisotopic (exact) mass is 296 g/mol. The van der Waals surface area contributed by atoms with Gasteiger partial charge in [-0.1, -0.05) is 11.6 Å². The first-order valence-electron chi connectivity index (χ1n) is 7.14. The zero-order valence-corrected chi connectivity index (χ0v) is 12.0. The van der Waals surface area contributed by atoms with Gasteiger partial charge >= 0.3 is 0 Å². The minimum Gasteiger partial charge on any atom is -0.334 e. The third kappa shape index (κ3) is 2.96. The summed E-state index contributed by atoms with van der Waals surface area (Å²) in [7, 11) is 0. The number of halogens is 2. The van der Waals surface area contributed by atoms with E-state index in [4.69, 9.17) is 11.6 Å². The predicted molar refractivity (Wildman–Crippen MR) is 76.5 cm³/mol. The molecule has 1 amide bonds. The highest BCUT2D eigenvalue weighted by molar-refractivity contribution is 6.33. The van der Waals surface area contributed by atoms with Crippen LogP contribution in [0.1, 0.15) is 36.0 Å². The van der Waals surface area contributed by atoms with Crippen molar-refractivity contribution in [3.05, 3.63) is 34.6 Å². The third-order valence-corrected chi connectivity index (χ3v) is 4.30. The average Bonchev–Trinajstić information content (AvgIpc) is 3.12. The van der Waals surface area contributed by atoms with Crippen molar-refractivity contribution in [1.82, 2.24) is 10.2 Å². The summed E-state index contributed by atoms with van der Waals surface area (Å²) >= 11 is 6.01. The molecule has 1 aliphatic carbocycles. The van der Waals surface area contributed by atoms with E-state index < -0.39 is 5.82 Å². The molecule has 2 aliphatic rings. The summed E-state index contributed by atoms with van der Waals surface area (Å²) in [6, 6.07) is 4.67. The zero-order chi connectivity index (χ0) is 14.1. The van der Waals surface area contributed by atoms with Crippen LogP contribution in [0.5, 0.6) is 0 Å². The number of carbonyl (C=O) groups excluding carboxylic acids is 1. The Bertz CT molecular complexity index is 513. The first-order valence-corrected chi connectivity index (χ1v) is 7.52. The van der Waals surface area contributed by atoms with Gasteiger partial charge < -0.3 is 10.2 Å². The van der Waals surface area contributed by atoms with Crippen molar-refractivity contribution in [2.75, 3.05) is 13.1 Å². The van der Waals surface area contributed by atoms with Crippen molar-refractivity contribution in [2.24, 2.45) is 0 Å². The fourth-order valence-electron chi connectivity index (χ4n) is 2.75. The fraction of sp³-hybridized carbons (Fsp3) is 0.533. The zero-order valence-electron chi connectivity index (χ0n) is 11.2. The molecule has 1 saturated heterocycles. The molecule has 1 aliphatic heterocycles. The largest absolute Gasteiger partial charge is 0.334 e. The summed E-state index contributed by atoms with van der Waals surface area (Å²) in [6.07, 6.45) is 4.37. The van der Waals surface area contributed by atoms with Crippen LogP contribution >= 0.6 is 11.6 Å². The maximum atomic E-state index is 13.1. The van der Waals surface area contributed by atoms with Gasteiger partial charge in [0.2, 0.25) is 0 Å². The Balaban J connectivity index is 1.77. The summed E-state index contributed by atoms with van der Waals surface area (Å²) in [4.78, 5) is 14.5. The van der Waals surface area contributed by atoms with Crippen molar-refractivity contribution in [3.63, 3.8) is 0 Å². The molecule has 2 fully saturated rings. The van der Waals surface area contributed by atoms with E-state index >= 15 is 0 Å². The minimum absolute atomic E-state index is 0.0776. The fourth-order valence-corrected chi connectivity index (χ4v) is 3.00. The summed E-state index contributed by atoms with van der Waals surface area (Å²) in [6.45, 7) is 1.74. The molecule has 3 rings (SSSR count). The molecular weight excluding hydrogens is 279 g/mol. The lowest BCUT2D eigenvalue weighted by Gasteiger charge is -2.26. The number of rotatable bonds is 4. The topological polar surface area (TPSA) is 32.3 Å². The smallest absolute Gasteiger partial charge is 0.255 e. The number of amides is 1. The second-order valence-electron chi connectivity index (χ2n) is 5.61. The highest BCUT2D eigenvalue weighted by Gasteiger charge is 2.35. The Morgan fingerprint density at radius 3 is 2.80 bits per heavy atom. The summed E-state index contributed by atoms with van der Waals surface area (Å²) in [5.74, 6) is -0.492. The molecule has 108 valence electrons. The van der Waals surface area contributed by atoms with Crippen LogP contribution in [0.2, 0.25) is 5.02 Å². The number of carbonyl (C=O) groups is 1. The number of nitrogens with zero attached hydrogens (tertiary/aromatic N) is 1. The Hall–Kier alpha value is -1.13. The van der Waals surface area contributed by atoms with Gasteiger partial charge in [0.15, 0.2) is 0 Å². The Morgan fingerprint density at radius 1 is 1.40 bits per heavy atom. The van der Waals surface area contributed by atoms with Crippen LogP contribution in [0.3, 0.4) is 0 Å². The first kappa shape index (κ1) is 13.8. The second-order valence-corrected chi connectivity index (χ2v) is 6.01. The van der Waals surface area contributed by atoms with E-state index in [0.29, 0.717) is 17.6 Å². The maximum Gasteiger partial charge on any atom is 0.255 e. The molecular formula is C15H18ClFN2O. The Morgan fingerprint density at radius 2 is 2.20 bits per heavy atom. The van der Waals surface area contributed by atoms with E-state index in [1.807, 2.05) is 4.90 Å². The van der Waals surface area contributed by atoms with Crippen molar-refractivity contribution in [2.45, 2.75) is 37.8 Å². The SMILES string of the molecule is O=C(c1ccc(F)cc1Cl)N(CC1CCCN1)C1CC1. The van der Waals surface area contributed by atoms with Gasteiger partial charge in [0, 0.05) is 18.6 Å². The lowest BCUT2D eigenvalue weighted by Crippen LogP contribution is -2.42. The van der Waals surface area contributed by atoms with Crippen LogP contribution in [-0.4, -0.2) is 36.0 Å². The van der Waals surface area contributed by atoms with Crippen LogP contribution in [0.4, 0.5) is 4.39 Å². The Kier molecular flexibility index (Phi) is 3.94. The quantitative estimate of drug-likeness (QED) is 0.926. The van der Waals surface area contributed by atoms with Crippen LogP contribution < -0.4 is 5.32 Å². The minimum atomic E-state index is -0.415. The van der Waals surface area contributed by atoms with Crippen LogP contribution in [-0.2, 0) is 0 Å². The van der Waals surface area contributed by atoms with E-state index in [2.05, 4.69) is 5.32 Å². The molecule has 1 saturated carbocycles. The van der Waals surface area contributed by atoms with Crippen molar-refractivity contribution >= 4 is 17.5 Å². The molecule has 1 atom stereocenters. The van der Waals surface area contributed by atoms with Crippen LogP contribution in [0.15, 0.2) is 18.2 Å². The first-order chi connectivity index (χ1) is 9.65. The molecule has 1 heterocycles. The lowest BCUT2D eigenvalue weighted by molar-refractivity contribution is 0.0728. The van der Waals surface area contributed by atoms with Gasteiger partial charge in [-0.05, 0) is 50.4 Å². The molecule has 1 unspecified atom stereocenters. The van der Waals surface area contributed by atoms with Gasteiger partial charge in [0.25, 0.3) is 5.91 Å². The van der Waals surface area contributed by atoms with Crippen LogP contribution in [0.25, 0.3) is 0 Å². The highest BCUT2D eigenvalue weighted by atomic mass is 35.5. The molecule has 0 spiro atoms. The van der Waals surface area contributed by atoms with Gasteiger partial charge in [-0.3, -0.25) is 4.79 Å². The van der Waals surface area contributed by atoms with E-state index in [1.54, 1.807) is 0 Å². The van der Waals surface area contributed by atoms with Crippen molar-refractivity contribution in [1.29, 1.82) is 0 Å². The maximum absolute atomic E-state index is 13.1.